The highest BCUT2D eigenvalue weighted by Gasteiger charge is 2.10. The second-order valence-corrected chi connectivity index (χ2v) is 5.51. The number of hydrogen-bond acceptors (Lipinski definition) is 5. The first kappa shape index (κ1) is 11.3. The molecule has 0 radical (unpaired) electrons. The third-order valence-electron chi connectivity index (χ3n) is 3.14. The molecule has 0 atom stereocenters. The zero-order valence-corrected chi connectivity index (χ0v) is 11.3. The molecule has 0 aliphatic heterocycles. The minimum atomic E-state index is 0.755. The van der Waals surface area contributed by atoms with Crippen LogP contribution >= 0.6 is 11.3 Å². The molecule has 0 saturated carbocycles. The maximum Gasteiger partial charge on any atom is 0.126 e. The van der Waals surface area contributed by atoms with Crippen molar-refractivity contribution in [3.8, 4) is 10.6 Å². The molecule has 2 heterocycles. The van der Waals surface area contributed by atoms with E-state index in [1.165, 1.54) is 0 Å². The topological polar surface area (TPSA) is 64.7 Å². The number of para-hydroxylation sites is 1. The van der Waals surface area contributed by atoms with E-state index in [4.69, 9.17) is 5.73 Å². The molecule has 2 aromatic heterocycles. The summed E-state index contributed by atoms with van der Waals surface area (Å²) < 4.78 is 1.08. The molecule has 4 aromatic rings. The zero-order valence-electron chi connectivity index (χ0n) is 10.4. The fourth-order valence-corrected chi connectivity index (χ4v) is 3.26. The van der Waals surface area contributed by atoms with Crippen LogP contribution in [0.25, 0.3) is 31.8 Å². The van der Waals surface area contributed by atoms with Crippen molar-refractivity contribution in [1.82, 2.24) is 15.0 Å². The van der Waals surface area contributed by atoms with Crippen LogP contribution in [0.15, 0.2) is 48.8 Å². The van der Waals surface area contributed by atoms with E-state index in [0.717, 1.165) is 37.5 Å². The Bertz CT molecular complexity index is 924. The van der Waals surface area contributed by atoms with Gasteiger partial charge in [-0.1, -0.05) is 6.07 Å². The molecule has 4 rings (SSSR count). The van der Waals surface area contributed by atoms with Crippen molar-refractivity contribution in [2.45, 2.75) is 0 Å². The van der Waals surface area contributed by atoms with E-state index in [1.807, 2.05) is 36.4 Å². The van der Waals surface area contributed by atoms with Gasteiger partial charge in [0.1, 0.15) is 5.01 Å². The van der Waals surface area contributed by atoms with Gasteiger partial charge >= 0.3 is 0 Å². The van der Waals surface area contributed by atoms with E-state index < -0.39 is 0 Å². The zero-order chi connectivity index (χ0) is 13.5. The number of hydrogen-bond donors (Lipinski definition) is 1. The van der Waals surface area contributed by atoms with Crippen LogP contribution in [-0.2, 0) is 0 Å². The molecule has 0 aliphatic carbocycles. The number of fused-ring (bicyclic) bond motifs is 2. The molecule has 96 valence electrons. The minimum absolute atomic E-state index is 0.755. The van der Waals surface area contributed by atoms with Crippen LogP contribution in [0.1, 0.15) is 0 Å². The molecule has 0 spiro atoms. The van der Waals surface area contributed by atoms with Crippen molar-refractivity contribution in [2.24, 2.45) is 0 Å². The summed E-state index contributed by atoms with van der Waals surface area (Å²) in [5, 5.41) is 0.941. The Morgan fingerprint density at radius 3 is 2.80 bits per heavy atom. The van der Waals surface area contributed by atoms with Crippen LogP contribution < -0.4 is 5.73 Å². The molecule has 20 heavy (non-hydrogen) atoms. The van der Waals surface area contributed by atoms with Gasteiger partial charge in [0.2, 0.25) is 0 Å². The fourth-order valence-electron chi connectivity index (χ4n) is 2.22. The Morgan fingerprint density at radius 2 is 1.85 bits per heavy atom. The summed E-state index contributed by atoms with van der Waals surface area (Å²) >= 11 is 1.62. The third-order valence-corrected chi connectivity index (χ3v) is 4.19. The molecule has 2 N–H and O–H groups in total. The molecule has 0 aliphatic rings. The molecule has 5 heteroatoms. The maximum absolute atomic E-state index is 5.82. The fraction of sp³-hybridized carbons (Fsp3) is 0. The molecule has 2 aromatic carbocycles. The Hall–Kier alpha value is -2.53. The normalized spacial score (nSPS) is 11.2. The van der Waals surface area contributed by atoms with Crippen LogP contribution in [0, 0.1) is 0 Å². The Labute approximate surface area is 118 Å². The number of thiazole rings is 1. The first-order valence-corrected chi connectivity index (χ1v) is 6.99. The van der Waals surface area contributed by atoms with Gasteiger partial charge in [0.05, 0.1) is 21.3 Å². The minimum Gasteiger partial charge on any atom is -0.399 e. The van der Waals surface area contributed by atoms with Gasteiger partial charge in [0, 0.05) is 23.6 Å². The van der Waals surface area contributed by atoms with E-state index in [-0.39, 0.29) is 0 Å². The molecule has 0 fully saturated rings. The summed E-state index contributed by atoms with van der Waals surface area (Å²) in [5.74, 6) is 0. The average molecular weight is 278 g/mol. The molecule has 0 amide bonds. The number of nitrogen functional groups attached to an aromatic ring is 1. The predicted octanol–water partition coefficient (Wildman–Crippen LogP) is 3.49. The highest BCUT2D eigenvalue weighted by atomic mass is 32.1. The number of nitrogens with two attached hydrogens (primary N) is 1. The lowest BCUT2D eigenvalue weighted by Crippen LogP contribution is -1.86. The quantitative estimate of drug-likeness (QED) is 0.541. The van der Waals surface area contributed by atoms with Crippen molar-refractivity contribution in [1.29, 1.82) is 0 Å². The van der Waals surface area contributed by atoms with Gasteiger partial charge in [-0.15, -0.1) is 11.3 Å². The van der Waals surface area contributed by atoms with E-state index in [2.05, 4.69) is 15.0 Å². The van der Waals surface area contributed by atoms with E-state index in [1.54, 1.807) is 23.7 Å². The van der Waals surface area contributed by atoms with Crippen molar-refractivity contribution in [2.75, 3.05) is 5.73 Å². The van der Waals surface area contributed by atoms with Crippen LogP contribution in [-0.4, -0.2) is 15.0 Å². The Morgan fingerprint density at radius 1 is 0.950 bits per heavy atom. The number of anilines is 1. The van der Waals surface area contributed by atoms with Gasteiger partial charge in [-0.25, -0.2) is 4.98 Å². The highest BCUT2D eigenvalue weighted by molar-refractivity contribution is 7.21. The van der Waals surface area contributed by atoms with Crippen LogP contribution in [0.4, 0.5) is 5.69 Å². The lowest BCUT2D eigenvalue weighted by atomic mass is 10.2. The number of aromatic nitrogens is 3. The first-order valence-electron chi connectivity index (χ1n) is 6.17. The van der Waals surface area contributed by atoms with Gasteiger partial charge < -0.3 is 5.73 Å². The first-order chi connectivity index (χ1) is 9.81. The van der Waals surface area contributed by atoms with Gasteiger partial charge in [0.25, 0.3) is 0 Å². The van der Waals surface area contributed by atoms with Crippen molar-refractivity contribution in [3.05, 3.63) is 48.8 Å². The van der Waals surface area contributed by atoms with Crippen molar-refractivity contribution >= 4 is 38.3 Å². The van der Waals surface area contributed by atoms with Crippen LogP contribution in [0.2, 0.25) is 0 Å². The molecule has 0 unspecified atom stereocenters. The second kappa shape index (κ2) is 4.25. The van der Waals surface area contributed by atoms with Crippen LogP contribution in [0.3, 0.4) is 0 Å². The molecule has 0 bridgehead atoms. The van der Waals surface area contributed by atoms with E-state index in [9.17, 15) is 0 Å². The Kier molecular flexibility index (Phi) is 2.40. The SMILES string of the molecule is Nc1ccc2nc(-c3cccc4nccnc34)sc2c1. The average Bonchev–Trinajstić information content (AvgIpc) is 2.89. The summed E-state index contributed by atoms with van der Waals surface area (Å²) in [7, 11) is 0. The van der Waals surface area contributed by atoms with Gasteiger partial charge in [-0.2, -0.15) is 0 Å². The standard InChI is InChI=1S/C15H10N4S/c16-9-4-5-11-13(8-9)20-15(19-11)10-2-1-3-12-14(10)18-7-6-17-12/h1-8H,16H2. The van der Waals surface area contributed by atoms with Gasteiger partial charge in [-0.3, -0.25) is 9.97 Å². The maximum atomic E-state index is 5.82. The summed E-state index contributed by atoms with van der Waals surface area (Å²) in [6.07, 6.45) is 3.41. The predicted molar refractivity (Wildman–Crippen MR) is 82.6 cm³/mol. The van der Waals surface area contributed by atoms with Gasteiger partial charge in [-0.05, 0) is 30.3 Å². The summed E-state index contributed by atoms with van der Waals surface area (Å²) in [5.41, 5.74) is 10.3. The van der Waals surface area contributed by atoms with Gasteiger partial charge in [0.15, 0.2) is 0 Å². The lowest BCUT2D eigenvalue weighted by molar-refractivity contribution is 1.29. The summed E-state index contributed by atoms with van der Waals surface area (Å²) in [4.78, 5) is 13.4. The summed E-state index contributed by atoms with van der Waals surface area (Å²) in [6.45, 7) is 0. The highest BCUT2D eigenvalue weighted by Crippen LogP contribution is 2.33. The van der Waals surface area contributed by atoms with E-state index in [0.29, 0.717) is 0 Å². The van der Waals surface area contributed by atoms with Crippen molar-refractivity contribution in [3.63, 3.8) is 0 Å². The number of benzene rings is 2. The summed E-state index contributed by atoms with van der Waals surface area (Å²) in [6, 6.07) is 11.7. The largest absolute Gasteiger partial charge is 0.399 e. The Balaban J connectivity index is 2.01. The molecule has 4 nitrogen and oxygen atoms in total. The number of nitrogens with zero attached hydrogens (tertiary/aromatic N) is 3. The molecular formula is C15H10N4S. The number of rotatable bonds is 1. The second-order valence-electron chi connectivity index (χ2n) is 4.48. The smallest absolute Gasteiger partial charge is 0.126 e. The van der Waals surface area contributed by atoms with Crippen molar-refractivity contribution < 1.29 is 0 Å². The molecular weight excluding hydrogens is 268 g/mol. The molecule has 0 saturated heterocycles. The van der Waals surface area contributed by atoms with E-state index >= 15 is 0 Å². The third kappa shape index (κ3) is 1.71. The van der Waals surface area contributed by atoms with Crippen LogP contribution in [0.5, 0.6) is 0 Å². The lowest BCUT2D eigenvalue weighted by Gasteiger charge is -2.00. The monoisotopic (exact) mass is 278 g/mol.